The fraction of sp³-hybridized carbons (Fsp3) is 0.720. The molecule has 4 rings (SSSR count). The van der Waals surface area contributed by atoms with Gasteiger partial charge in [0, 0.05) is 37.6 Å². The van der Waals surface area contributed by atoms with Crippen LogP contribution in [-0.4, -0.2) is 41.2 Å². The Kier molecular flexibility index (Phi) is 8.00. The highest BCUT2D eigenvalue weighted by Crippen LogP contribution is 2.19. The molecule has 2 amide bonds. The molecule has 0 bridgehead atoms. The molecule has 1 aromatic heterocycles. The number of nitrogens with zero attached hydrogens (tertiary/aromatic N) is 1. The minimum Gasteiger partial charge on any atom is -0.376 e. The second kappa shape index (κ2) is 11.1. The van der Waals surface area contributed by atoms with Gasteiger partial charge in [-0.25, -0.2) is 0 Å². The Bertz CT molecular complexity index is 845. The number of carbonyl (C=O) groups excluding carboxylic acids is 2. The predicted molar refractivity (Wildman–Crippen MR) is 123 cm³/mol. The molecule has 2 heterocycles. The van der Waals surface area contributed by atoms with Crippen LogP contribution in [0.5, 0.6) is 0 Å². The van der Waals surface area contributed by atoms with Crippen molar-refractivity contribution in [3.63, 3.8) is 0 Å². The van der Waals surface area contributed by atoms with Gasteiger partial charge in [-0.2, -0.15) is 0 Å². The normalized spacial score (nSPS) is 22.9. The molecule has 2 aliphatic carbocycles. The summed E-state index contributed by atoms with van der Waals surface area (Å²) in [7, 11) is 0. The lowest BCUT2D eigenvalue weighted by atomic mass is 9.96. The smallest absolute Gasteiger partial charge is 0.256 e. The van der Waals surface area contributed by atoms with Gasteiger partial charge in [0.05, 0.1) is 6.10 Å². The largest absolute Gasteiger partial charge is 0.376 e. The van der Waals surface area contributed by atoms with E-state index in [4.69, 9.17) is 4.74 Å². The van der Waals surface area contributed by atoms with Gasteiger partial charge < -0.3 is 19.9 Å². The zero-order valence-corrected chi connectivity index (χ0v) is 19.1. The summed E-state index contributed by atoms with van der Waals surface area (Å²) in [6.07, 6.45) is 17.0. The number of ether oxygens (including phenoxy) is 1. The van der Waals surface area contributed by atoms with Crippen LogP contribution in [0.1, 0.15) is 104 Å². The zero-order valence-electron chi connectivity index (χ0n) is 19.1. The maximum Gasteiger partial charge on any atom is 0.256 e. The minimum absolute atomic E-state index is 0.0461. The molecule has 0 spiro atoms. The van der Waals surface area contributed by atoms with Crippen LogP contribution in [0.2, 0.25) is 0 Å². The Morgan fingerprint density at radius 2 is 1.28 bits per heavy atom. The van der Waals surface area contributed by atoms with Gasteiger partial charge in [-0.15, -0.1) is 0 Å². The van der Waals surface area contributed by atoms with E-state index >= 15 is 0 Å². The second-order valence-corrected chi connectivity index (χ2v) is 9.72. The van der Waals surface area contributed by atoms with Crippen LogP contribution >= 0.6 is 0 Å². The van der Waals surface area contributed by atoms with Crippen LogP contribution in [0.3, 0.4) is 0 Å². The number of nitrogens with one attached hydrogen (secondary N) is 2. The monoisotopic (exact) mass is 443 g/mol. The molecule has 176 valence electrons. The number of rotatable bonds is 6. The third kappa shape index (κ3) is 6.00. The lowest BCUT2D eigenvalue weighted by molar-refractivity contribution is 0.0912. The van der Waals surface area contributed by atoms with Crippen LogP contribution in [0.4, 0.5) is 0 Å². The topological polar surface area (TPSA) is 89.4 Å². The average Bonchev–Trinajstić information content (AvgIpc) is 3.45. The number of carbonyl (C=O) groups is 2. The molecular formula is C25H37N3O4. The molecule has 1 saturated heterocycles. The average molecular weight is 444 g/mol. The highest BCUT2D eigenvalue weighted by molar-refractivity contribution is 5.99. The first-order valence-electron chi connectivity index (χ1n) is 12.6. The van der Waals surface area contributed by atoms with E-state index in [0.29, 0.717) is 6.54 Å². The molecule has 3 fully saturated rings. The quantitative estimate of drug-likeness (QED) is 0.704. The molecular weight excluding hydrogens is 406 g/mol. The number of aromatic nitrogens is 1. The predicted octanol–water partition coefficient (Wildman–Crippen LogP) is 3.54. The van der Waals surface area contributed by atoms with E-state index < -0.39 is 5.43 Å². The van der Waals surface area contributed by atoms with Crippen molar-refractivity contribution in [2.75, 3.05) is 6.61 Å². The number of amides is 2. The van der Waals surface area contributed by atoms with Crippen LogP contribution in [0.25, 0.3) is 0 Å². The molecule has 2 N–H and O–H groups in total. The minimum atomic E-state index is -0.479. The molecule has 3 aliphatic rings. The van der Waals surface area contributed by atoms with Crippen LogP contribution < -0.4 is 16.1 Å². The van der Waals surface area contributed by atoms with E-state index in [1.807, 2.05) is 0 Å². The summed E-state index contributed by atoms with van der Waals surface area (Å²) in [4.78, 5) is 39.3. The van der Waals surface area contributed by atoms with Crippen molar-refractivity contribution in [1.29, 1.82) is 0 Å². The fourth-order valence-corrected chi connectivity index (χ4v) is 5.28. The number of hydrogen-bond donors (Lipinski definition) is 2. The van der Waals surface area contributed by atoms with Gasteiger partial charge in [0.2, 0.25) is 5.43 Å². The van der Waals surface area contributed by atoms with Gasteiger partial charge in [-0.05, 0) is 38.5 Å². The molecule has 1 atom stereocenters. The third-order valence-electron chi connectivity index (χ3n) is 7.14. The Labute approximate surface area is 190 Å². The van der Waals surface area contributed by atoms with Gasteiger partial charge in [0.15, 0.2) is 0 Å². The van der Waals surface area contributed by atoms with Gasteiger partial charge in [-0.3, -0.25) is 14.4 Å². The van der Waals surface area contributed by atoms with Crippen molar-refractivity contribution < 1.29 is 14.3 Å². The van der Waals surface area contributed by atoms with Crippen molar-refractivity contribution in [2.24, 2.45) is 0 Å². The highest BCUT2D eigenvalue weighted by Gasteiger charge is 2.25. The summed E-state index contributed by atoms with van der Waals surface area (Å²) in [5.74, 6) is -0.735. The maximum atomic E-state index is 13.2. The van der Waals surface area contributed by atoms with Crippen molar-refractivity contribution in [1.82, 2.24) is 15.2 Å². The Morgan fingerprint density at radius 1 is 0.781 bits per heavy atom. The highest BCUT2D eigenvalue weighted by atomic mass is 16.5. The Hall–Kier alpha value is -2.15. The molecule has 1 aliphatic heterocycles. The lowest BCUT2D eigenvalue weighted by Crippen LogP contribution is -2.41. The van der Waals surface area contributed by atoms with Gasteiger partial charge in [0.25, 0.3) is 11.8 Å². The van der Waals surface area contributed by atoms with E-state index in [1.165, 1.54) is 19.3 Å². The van der Waals surface area contributed by atoms with E-state index in [-0.39, 0.29) is 41.1 Å². The summed E-state index contributed by atoms with van der Waals surface area (Å²) >= 11 is 0. The molecule has 7 nitrogen and oxygen atoms in total. The van der Waals surface area contributed by atoms with E-state index in [2.05, 4.69) is 10.6 Å². The van der Waals surface area contributed by atoms with Gasteiger partial charge in [0.1, 0.15) is 11.1 Å². The fourth-order valence-electron chi connectivity index (χ4n) is 5.28. The molecule has 7 heteroatoms. The molecule has 0 radical (unpaired) electrons. The summed E-state index contributed by atoms with van der Waals surface area (Å²) < 4.78 is 7.54. The summed E-state index contributed by atoms with van der Waals surface area (Å²) in [5, 5.41) is 6.09. The molecule has 2 saturated carbocycles. The van der Waals surface area contributed by atoms with Crippen molar-refractivity contribution >= 4 is 11.8 Å². The zero-order chi connectivity index (χ0) is 22.3. The van der Waals surface area contributed by atoms with E-state index in [9.17, 15) is 14.4 Å². The van der Waals surface area contributed by atoms with Crippen LogP contribution in [-0.2, 0) is 11.3 Å². The third-order valence-corrected chi connectivity index (χ3v) is 7.14. The molecule has 1 aromatic rings. The summed E-state index contributed by atoms with van der Waals surface area (Å²) in [5.41, 5.74) is -0.364. The van der Waals surface area contributed by atoms with Crippen LogP contribution in [0, 0.1) is 0 Å². The molecule has 0 aromatic carbocycles. The first-order chi connectivity index (χ1) is 15.6. The van der Waals surface area contributed by atoms with Crippen molar-refractivity contribution in [2.45, 2.75) is 108 Å². The first-order valence-corrected chi connectivity index (χ1v) is 12.6. The summed E-state index contributed by atoms with van der Waals surface area (Å²) in [6, 6.07) is 0.200. The van der Waals surface area contributed by atoms with Gasteiger partial charge >= 0.3 is 0 Å². The summed E-state index contributed by atoms with van der Waals surface area (Å²) in [6.45, 7) is 1.27. The van der Waals surface area contributed by atoms with E-state index in [0.717, 1.165) is 70.8 Å². The SMILES string of the molecule is O=C(NC1CCCCCCC1)c1cn(C[C@@H]2CCCO2)cc(C(=O)NC2CCCC2)c1=O. The van der Waals surface area contributed by atoms with Crippen molar-refractivity contribution in [3.05, 3.63) is 33.7 Å². The van der Waals surface area contributed by atoms with Gasteiger partial charge in [-0.1, -0.05) is 44.9 Å². The lowest BCUT2D eigenvalue weighted by Gasteiger charge is -2.22. The molecule has 0 unspecified atom stereocenters. The number of hydrogen-bond acceptors (Lipinski definition) is 4. The first kappa shape index (κ1) is 23.0. The van der Waals surface area contributed by atoms with Crippen molar-refractivity contribution in [3.8, 4) is 0 Å². The number of pyridine rings is 1. The van der Waals surface area contributed by atoms with E-state index in [1.54, 1.807) is 17.0 Å². The Balaban J connectivity index is 1.56. The van der Waals surface area contributed by atoms with Crippen LogP contribution in [0.15, 0.2) is 17.2 Å². The standard InChI is InChI=1S/C25H37N3O4/c29-23-21(24(30)26-18-9-4-2-1-3-5-10-18)16-28(15-20-13-8-14-32-20)17-22(23)25(31)27-19-11-6-7-12-19/h16-20H,1-15H2,(H,26,30)(H,27,31)/t20-/m0/s1. The second-order valence-electron chi connectivity index (χ2n) is 9.72. The molecule has 32 heavy (non-hydrogen) atoms. The Morgan fingerprint density at radius 3 is 1.78 bits per heavy atom. The maximum absolute atomic E-state index is 13.2.